The fourth-order valence-corrected chi connectivity index (χ4v) is 2.25. The molecule has 3 heteroatoms. The largest absolute Gasteiger partial charge is 0.330 e. The fourth-order valence-electron chi connectivity index (χ4n) is 2.25. The molecule has 0 spiro atoms. The molecule has 3 nitrogen and oxygen atoms in total. The molecule has 1 unspecified atom stereocenters. The van der Waals surface area contributed by atoms with E-state index in [1.165, 1.54) is 45.3 Å². The topological polar surface area (TPSA) is 41.3 Å². The van der Waals surface area contributed by atoms with E-state index < -0.39 is 0 Å². The Labute approximate surface area is 101 Å². The van der Waals surface area contributed by atoms with Crippen LogP contribution < -0.4 is 11.1 Å². The van der Waals surface area contributed by atoms with E-state index in [4.69, 9.17) is 5.73 Å². The Morgan fingerprint density at radius 3 is 2.62 bits per heavy atom. The molecule has 1 aliphatic heterocycles. The molecular weight excluding hydrogens is 198 g/mol. The number of nitrogens with one attached hydrogen (secondary N) is 1. The monoisotopic (exact) mass is 227 g/mol. The van der Waals surface area contributed by atoms with E-state index >= 15 is 0 Å². The van der Waals surface area contributed by atoms with Gasteiger partial charge in [0.1, 0.15) is 0 Å². The maximum absolute atomic E-state index is 5.58. The van der Waals surface area contributed by atoms with Gasteiger partial charge in [-0.2, -0.15) is 0 Å². The van der Waals surface area contributed by atoms with Gasteiger partial charge in [-0.3, -0.25) is 0 Å². The van der Waals surface area contributed by atoms with Gasteiger partial charge in [-0.05, 0) is 77.3 Å². The second kappa shape index (κ2) is 8.04. The van der Waals surface area contributed by atoms with E-state index in [1.54, 1.807) is 0 Å². The smallest absolute Gasteiger partial charge is 0.00191 e. The van der Waals surface area contributed by atoms with Crippen LogP contribution in [0.3, 0.4) is 0 Å². The van der Waals surface area contributed by atoms with Crippen molar-refractivity contribution in [2.45, 2.75) is 32.6 Å². The van der Waals surface area contributed by atoms with Crippen LogP contribution in [0.25, 0.3) is 0 Å². The summed E-state index contributed by atoms with van der Waals surface area (Å²) >= 11 is 0. The zero-order valence-corrected chi connectivity index (χ0v) is 11.0. The van der Waals surface area contributed by atoms with E-state index in [0.717, 1.165) is 19.0 Å². The third-order valence-corrected chi connectivity index (χ3v) is 3.78. The van der Waals surface area contributed by atoms with E-state index in [9.17, 15) is 0 Å². The summed E-state index contributed by atoms with van der Waals surface area (Å²) in [5.41, 5.74) is 5.58. The van der Waals surface area contributed by atoms with Crippen LogP contribution in [-0.4, -0.2) is 44.7 Å². The van der Waals surface area contributed by atoms with E-state index in [1.807, 2.05) is 0 Å². The standard InChI is InChI=1S/C13H29N3/c1-12(11-14)3-7-15-8-4-13-5-9-16(2)10-6-13/h12-13,15H,3-11,14H2,1-2H3. The molecular formula is C13H29N3. The van der Waals surface area contributed by atoms with Gasteiger partial charge in [0.25, 0.3) is 0 Å². The van der Waals surface area contributed by atoms with Crippen molar-refractivity contribution >= 4 is 0 Å². The van der Waals surface area contributed by atoms with Crippen LogP contribution in [0.1, 0.15) is 32.6 Å². The number of hydrogen-bond acceptors (Lipinski definition) is 3. The molecule has 1 fully saturated rings. The second-order valence-corrected chi connectivity index (χ2v) is 5.41. The first-order valence-corrected chi connectivity index (χ1v) is 6.81. The molecule has 0 aliphatic carbocycles. The fraction of sp³-hybridized carbons (Fsp3) is 1.00. The van der Waals surface area contributed by atoms with Gasteiger partial charge in [-0.1, -0.05) is 6.92 Å². The van der Waals surface area contributed by atoms with Crippen molar-refractivity contribution in [3.63, 3.8) is 0 Å². The highest BCUT2D eigenvalue weighted by Crippen LogP contribution is 2.18. The molecule has 0 aromatic carbocycles. The molecule has 16 heavy (non-hydrogen) atoms. The zero-order valence-electron chi connectivity index (χ0n) is 11.0. The first-order chi connectivity index (χ1) is 7.72. The van der Waals surface area contributed by atoms with Crippen LogP contribution >= 0.6 is 0 Å². The summed E-state index contributed by atoms with van der Waals surface area (Å²) in [6.45, 7) is 7.93. The average molecular weight is 227 g/mol. The predicted molar refractivity (Wildman–Crippen MR) is 70.5 cm³/mol. The van der Waals surface area contributed by atoms with Crippen molar-refractivity contribution in [3.05, 3.63) is 0 Å². The SMILES string of the molecule is CC(CN)CCNCCC1CCN(C)CC1. The highest BCUT2D eigenvalue weighted by molar-refractivity contribution is 4.70. The molecule has 1 saturated heterocycles. The number of likely N-dealkylation sites (tertiary alicyclic amines) is 1. The normalized spacial score (nSPS) is 21.2. The van der Waals surface area contributed by atoms with Crippen molar-refractivity contribution in [3.8, 4) is 0 Å². The summed E-state index contributed by atoms with van der Waals surface area (Å²) in [7, 11) is 2.22. The van der Waals surface area contributed by atoms with E-state index in [0.29, 0.717) is 5.92 Å². The lowest BCUT2D eigenvalue weighted by Crippen LogP contribution is -2.32. The molecule has 0 amide bonds. The Kier molecular flexibility index (Phi) is 7.01. The summed E-state index contributed by atoms with van der Waals surface area (Å²) < 4.78 is 0. The van der Waals surface area contributed by atoms with Crippen LogP contribution in [0.4, 0.5) is 0 Å². The summed E-state index contributed by atoms with van der Waals surface area (Å²) in [4.78, 5) is 2.44. The molecule has 0 radical (unpaired) electrons. The molecule has 1 heterocycles. The van der Waals surface area contributed by atoms with Crippen molar-refractivity contribution in [2.75, 3.05) is 39.8 Å². The number of nitrogens with two attached hydrogens (primary N) is 1. The van der Waals surface area contributed by atoms with Crippen molar-refractivity contribution < 1.29 is 0 Å². The first kappa shape index (κ1) is 13.9. The minimum atomic E-state index is 0.663. The lowest BCUT2D eigenvalue weighted by molar-refractivity contribution is 0.211. The van der Waals surface area contributed by atoms with Crippen molar-refractivity contribution in [1.82, 2.24) is 10.2 Å². The summed E-state index contributed by atoms with van der Waals surface area (Å²) in [5, 5.41) is 3.54. The summed E-state index contributed by atoms with van der Waals surface area (Å²) in [6, 6.07) is 0. The van der Waals surface area contributed by atoms with Gasteiger partial charge in [0, 0.05) is 0 Å². The Morgan fingerprint density at radius 1 is 1.31 bits per heavy atom. The van der Waals surface area contributed by atoms with Crippen LogP contribution in [0.2, 0.25) is 0 Å². The van der Waals surface area contributed by atoms with Crippen LogP contribution in [0.15, 0.2) is 0 Å². The van der Waals surface area contributed by atoms with Crippen molar-refractivity contribution in [1.29, 1.82) is 0 Å². The Balaban J connectivity index is 1.91. The first-order valence-electron chi connectivity index (χ1n) is 6.81. The maximum Gasteiger partial charge on any atom is -0.00191 e. The third kappa shape index (κ3) is 5.83. The highest BCUT2D eigenvalue weighted by Gasteiger charge is 2.15. The lowest BCUT2D eigenvalue weighted by Gasteiger charge is -2.28. The van der Waals surface area contributed by atoms with Gasteiger partial charge in [0.2, 0.25) is 0 Å². The second-order valence-electron chi connectivity index (χ2n) is 5.41. The van der Waals surface area contributed by atoms with E-state index in [2.05, 4.69) is 24.2 Å². The van der Waals surface area contributed by atoms with Gasteiger partial charge in [0.15, 0.2) is 0 Å². The molecule has 0 aromatic heterocycles. The third-order valence-electron chi connectivity index (χ3n) is 3.78. The summed E-state index contributed by atoms with van der Waals surface area (Å²) in [5.74, 6) is 1.62. The number of piperidine rings is 1. The Hall–Kier alpha value is -0.120. The van der Waals surface area contributed by atoms with Gasteiger partial charge < -0.3 is 16.0 Å². The molecule has 96 valence electrons. The number of rotatable bonds is 7. The lowest BCUT2D eigenvalue weighted by atomic mass is 9.94. The molecule has 0 aromatic rings. The average Bonchev–Trinajstić information content (AvgIpc) is 2.31. The van der Waals surface area contributed by atoms with Gasteiger partial charge in [-0.15, -0.1) is 0 Å². The minimum absolute atomic E-state index is 0.663. The predicted octanol–water partition coefficient (Wildman–Crippen LogP) is 1.29. The van der Waals surface area contributed by atoms with Gasteiger partial charge >= 0.3 is 0 Å². The zero-order chi connectivity index (χ0) is 11.8. The molecule has 0 bridgehead atoms. The molecule has 1 atom stereocenters. The highest BCUT2D eigenvalue weighted by atomic mass is 15.1. The van der Waals surface area contributed by atoms with Crippen LogP contribution in [0, 0.1) is 11.8 Å². The quantitative estimate of drug-likeness (QED) is 0.644. The Morgan fingerprint density at radius 2 is 2.00 bits per heavy atom. The number of hydrogen-bond donors (Lipinski definition) is 2. The maximum atomic E-state index is 5.58. The molecule has 0 saturated carbocycles. The van der Waals surface area contributed by atoms with Crippen LogP contribution in [0.5, 0.6) is 0 Å². The Bertz CT molecular complexity index is 165. The van der Waals surface area contributed by atoms with Gasteiger partial charge in [-0.25, -0.2) is 0 Å². The number of nitrogens with zero attached hydrogens (tertiary/aromatic N) is 1. The van der Waals surface area contributed by atoms with Crippen molar-refractivity contribution in [2.24, 2.45) is 17.6 Å². The minimum Gasteiger partial charge on any atom is -0.330 e. The molecule has 3 N–H and O–H groups in total. The molecule has 1 rings (SSSR count). The summed E-state index contributed by atoms with van der Waals surface area (Å²) in [6.07, 6.45) is 5.34. The van der Waals surface area contributed by atoms with E-state index in [-0.39, 0.29) is 0 Å². The molecule has 1 aliphatic rings. The van der Waals surface area contributed by atoms with Crippen LogP contribution in [-0.2, 0) is 0 Å². The van der Waals surface area contributed by atoms with Gasteiger partial charge in [0.05, 0.1) is 0 Å².